The van der Waals surface area contributed by atoms with Gasteiger partial charge in [0.2, 0.25) is 0 Å². The number of hydrogen-bond donors (Lipinski definition) is 2. The van der Waals surface area contributed by atoms with Crippen molar-refractivity contribution in [3.63, 3.8) is 0 Å². The number of ether oxygens (including phenoxy) is 1. The normalized spacial score (nSPS) is 17.6. The monoisotopic (exact) mass is 382 g/mol. The van der Waals surface area contributed by atoms with Crippen LogP contribution in [0.2, 0.25) is 0 Å². The number of alkyl halides is 3. The fraction of sp³-hybridized carbons (Fsp3) is 0.444. The Morgan fingerprint density at radius 3 is 2.93 bits per heavy atom. The molecule has 1 aromatic heterocycles. The van der Waals surface area contributed by atoms with E-state index in [1.165, 1.54) is 12.1 Å². The van der Waals surface area contributed by atoms with Crippen LogP contribution < -0.4 is 15.4 Å². The molecule has 2 heterocycles. The molecule has 9 heteroatoms. The van der Waals surface area contributed by atoms with E-state index in [4.69, 9.17) is 4.74 Å². The molecule has 0 radical (unpaired) electrons. The molecule has 146 valence electrons. The van der Waals surface area contributed by atoms with Gasteiger partial charge in [0.25, 0.3) is 5.91 Å². The first-order valence-corrected chi connectivity index (χ1v) is 8.70. The summed E-state index contributed by atoms with van der Waals surface area (Å²) in [6, 6.07) is 6.40. The van der Waals surface area contributed by atoms with E-state index in [1.807, 2.05) is 0 Å². The highest BCUT2D eigenvalue weighted by atomic mass is 19.4. The lowest BCUT2D eigenvalue weighted by atomic mass is 10.1. The summed E-state index contributed by atoms with van der Waals surface area (Å²) in [6.45, 7) is 2.00. The Hall–Kier alpha value is -2.55. The Labute approximate surface area is 154 Å². The first-order chi connectivity index (χ1) is 12.8. The molecule has 0 aliphatic carbocycles. The van der Waals surface area contributed by atoms with Crippen molar-refractivity contribution in [2.45, 2.75) is 32.0 Å². The minimum absolute atomic E-state index is 0.0731. The van der Waals surface area contributed by atoms with Gasteiger partial charge in [-0.3, -0.25) is 9.48 Å². The second kappa shape index (κ2) is 7.99. The zero-order chi connectivity index (χ0) is 19.4. The van der Waals surface area contributed by atoms with E-state index >= 15 is 0 Å². The number of nitrogens with one attached hydrogen (secondary N) is 2. The van der Waals surface area contributed by atoms with E-state index in [9.17, 15) is 18.0 Å². The van der Waals surface area contributed by atoms with Crippen LogP contribution in [0.25, 0.3) is 0 Å². The number of rotatable bonds is 5. The van der Waals surface area contributed by atoms with E-state index < -0.39 is 18.7 Å². The van der Waals surface area contributed by atoms with E-state index in [-0.39, 0.29) is 17.5 Å². The van der Waals surface area contributed by atoms with Crippen molar-refractivity contribution < 1.29 is 22.7 Å². The van der Waals surface area contributed by atoms with Gasteiger partial charge in [-0.2, -0.15) is 18.3 Å². The van der Waals surface area contributed by atoms with Gasteiger partial charge in [0, 0.05) is 24.0 Å². The van der Waals surface area contributed by atoms with Crippen LogP contribution in [0, 0.1) is 6.92 Å². The summed E-state index contributed by atoms with van der Waals surface area (Å²) in [5.74, 6) is -0.350. The zero-order valence-electron chi connectivity index (χ0n) is 14.8. The molecule has 1 amide bonds. The molecule has 1 atom stereocenters. The standard InChI is InChI=1S/C18H21F3N4O2/c1-12-14(5-2-6-16(12)27-11-18(19,20)21)23-17(26)15-7-9-25(24-15)13-4-3-8-22-10-13/h2,5-7,9,13,22H,3-4,8,10-11H2,1H3,(H,23,26). The van der Waals surface area contributed by atoms with Gasteiger partial charge in [-0.05, 0) is 44.5 Å². The number of piperidine rings is 1. The number of anilines is 1. The Kier molecular flexibility index (Phi) is 5.69. The van der Waals surface area contributed by atoms with Gasteiger partial charge in [0.05, 0.1) is 6.04 Å². The molecule has 1 aliphatic heterocycles. The number of benzene rings is 1. The molecule has 3 rings (SSSR count). The second-order valence-electron chi connectivity index (χ2n) is 6.47. The van der Waals surface area contributed by atoms with Crippen LogP contribution in [-0.2, 0) is 0 Å². The first kappa shape index (κ1) is 19.2. The van der Waals surface area contributed by atoms with Crippen molar-refractivity contribution in [1.29, 1.82) is 0 Å². The fourth-order valence-electron chi connectivity index (χ4n) is 2.97. The minimum atomic E-state index is -4.42. The van der Waals surface area contributed by atoms with Crippen LogP contribution in [-0.4, -0.2) is 41.6 Å². The van der Waals surface area contributed by atoms with Crippen molar-refractivity contribution in [2.75, 3.05) is 25.0 Å². The zero-order valence-corrected chi connectivity index (χ0v) is 14.8. The third-order valence-electron chi connectivity index (χ3n) is 4.41. The second-order valence-corrected chi connectivity index (χ2v) is 6.47. The Morgan fingerprint density at radius 2 is 2.22 bits per heavy atom. The van der Waals surface area contributed by atoms with Crippen LogP contribution in [0.5, 0.6) is 5.75 Å². The Balaban J connectivity index is 1.68. The highest BCUT2D eigenvalue weighted by Gasteiger charge is 2.29. The van der Waals surface area contributed by atoms with Crippen LogP contribution in [0.1, 0.15) is 34.9 Å². The third-order valence-corrected chi connectivity index (χ3v) is 4.41. The average molecular weight is 382 g/mol. The summed E-state index contributed by atoms with van der Waals surface area (Å²) in [6.07, 6.45) is -0.613. The van der Waals surface area contributed by atoms with E-state index in [1.54, 1.807) is 29.9 Å². The molecule has 2 N–H and O–H groups in total. The molecule has 0 bridgehead atoms. The highest BCUT2D eigenvalue weighted by molar-refractivity contribution is 6.03. The van der Waals surface area contributed by atoms with Crippen LogP contribution in [0.15, 0.2) is 30.5 Å². The highest BCUT2D eigenvalue weighted by Crippen LogP contribution is 2.27. The lowest BCUT2D eigenvalue weighted by Gasteiger charge is -2.22. The van der Waals surface area contributed by atoms with Gasteiger partial charge in [-0.25, -0.2) is 0 Å². The summed E-state index contributed by atoms with van der Waals surface area (Å²) in [5, 5.41) is 10.3. The lowest BCUT2D eigenvalue weighted by Crippen LogP contribution is -2.32. The number of carbonyl (C=O) groups excluding carboxylic acids is 1. The summed E-state index contributed by atoms with van der Waals surface area (Å²) >= 11 is 0. The summed E-state index contributed by atoms with van der Waals surface area (Å²) in [5.41, 5.74) is 1.06. The Bertz CT molecular complexity index is 798. The van der Waals surface area contributed by atoms with Crippen molar-refractivity contribution in [3.05, 3.63) is 41.7 Å². The van der Waals surface area contributed by atoms with Crippen LogP contribution in [0.4, 0.5) is 18.9 Å². The van der Waals surface area contributed by atoms with Gasteiger partial charge in [-0.15, -0.1) is 0 Å². The molecular formula is C18H21F3N4O2. The number of aromatic nitrogens is 2. The van der Waals surface area contributed by atoms with Gasteiger partial charge in [-0.1, -0.05) is 6.07 Å². The number of carbonyl (C=O) groups is 1. The SMILES string of the molecule is Cc1c(NC(=O)c2ccn(C3CCCNC3)n2)cccc1OCC(F)(F)F. The molecule has 1 saturated heterocycles. The number of amides is 1. The summed E-state index contributed by atoms with van der Waals surface area (Å²) < 4.78 is 43.6. The van der Waals surface area contributed by atoms with Gasteiger partial charge >= 0.3 is 6.18 Å². The van der Waals surface area contributed by atoms with Crippen LogP contribution in [0.3, 0.4) is 0 Å². The van der Waals surface area contributed by atoms with Crippen LogP contribution >= 0.6 is 0 Å². The molecule has 27 heavy (non-hydrogen) atoms. The number of hydrogen-bond acceptors (Lipinski definition) is 4. The summed E-state index contributed by atoms with van der Waals surface area (Å²) in [4.78, 5) is 12.5. The predicted octanol–water partition coefficient (Wildman–Crippen LogP) is 3.31. The molecule has 0 saturated carbocycles. The molecule has 1 aromatic carbocycles. The maximum absolute atomic E-state index is 12.5. The Morgan fingerprint density at radius 1 is 1.41 bits per heavy atom. The molecule has 1 unspecified atom stereocenters. The quantitative estimate of drug-likeness (QED) is 0.833. The van der Waals surface area contributed by atoms with Gasteiger partial charge in [0.1, 0.15) is 5.75 Å². The van der Waals surface area contributed by atoms with Crippen molar-refractivity contribution in [1.82, 2.24) is 15.1 Å². The molecule has 0 spiro atoms. The third kappa shape index (κ3) is 5.00. The predicted molar refractivity (Wildman–Crippen MR) is 94.0 cm³/mol. The fourth-order valence-corrected chi connectivity index (χ4v) is 2.97. The lowest BCUT2D eigenvalue weighted by molar-refractivity contribution is -0.153. The van der Waals surface area contributed by atoms with E-state index in [0.717, 1.165) is 25.9 Å². The molecule has 6 nitrogen and oxygen atoms in total. The van der Waals surface area contributed by atoms with Gasteiger partial charge in [0.15, 0.2) is 12.3 Å². The maximum atomic E-state index is 12.5. The minimum Gasteiger partial charge on any atom is -0.484 e. The smallest absolute Gasteiger partial charge is 0.422 e. The summed E-state index contributed by atoms with van der Waals surface area (Å²) in [7, 11) is 0. The average Bonchev–Trinajstić information content (AvgIpc) is 3.13. The van der Waals surface area contributed by atoms with Gasteiger partial charge < -0.3 is 15.4 Å². The topological polar surface area (TPSA) is 68.2 Å². The van der Waals surface area contributed by atoms with Crippen molar-refractivity contribution in [3.8, 4) is 5.75 Å². The van der Waals surface area contributed by atoms with E-state index in [2.05, 4.69) is 15.7 Å². The first-order valence-electron chi connectivity index (χ1n) is 8.70. The number of halogens is 3. The molecular weight excluding hydrogens is 361 g/mol. The maximum Gasteiger partial charge on any atom is 0.422 e. The molecule has 1 fully saturated rings. The van der Waals surface area contributed by atoms with Crippen molar-refractivity contribution >= 4 is 11.6 Å². The molecule has 2 aromatic rings. The van der Waals surface area contributed by atoms with E-state index in [0.29, 0.717) is 11.3 Å². The van der Waals surface area contributed by atoms with Crippen molar-refractivity contribution in [2.24, 2.45) is 0 Å². The molecule has 1 aliphatic rings. The largest absolute Gasteiger partial charge is 0.484 e. The number of nitrogens with zero attached hydrogens (tertiary/aromatic N) is 2.